The molecule has 0 bridgehead atoms. The fourth-order valence-corrected chi connectivity index (χ4v) is 3.76. The lowest BCUT2D eigenvalue weighted by atomic mass is 10.2. The second-order valence-corrected chi connectivity index (χ2v) is 7.19. The molecule has 162 valence electrons. The lowest BCUT2D eigenvalue weighted by Gasteiger charge is -2.20. The van der Waals surface area contributed by atoms with E-state index in [4.69, 9.17) is 0 Å². The molecule has 0 spiro atoms. The van der Waals surface area contributed by atoms with Crippen LogP contribution in [0.2, 0.25) is 0 Å². The predicted octanol–water partition coefficient (Wildman–Crippen LogP) is 1.65. The minimum absolute atomic E-state index is 0.191. The molecule has 2 aliphatic heterocycles. The third-order valence-corrected chi connectivity index (χ3v) is 5.23. The smallest absolute Gasteiger partial charge is 0.335 e. The van der Waals surface area contributed by atoms with Gasteiger partial charge in [0, 0.05) is 18.2 Å². The number of aromatic nitrogens is 4. The molecule has 0 N–H and O–H groups in total. The lowest BCUT2D eigenvalue weighted by molar-refractivity contribution is -0.143. The number of hydrogen-bond donors (Lipinski definition) is 0. The summed E-state index contributed by atoms with van der Waals surface area (Å²) >= 11 is 0. The van der Waals surface area contributed by atoms with Gasteiger partial charge in [-0.15, -0.1) is 0 Å². The summed E-state index contributed by atoms with van der Waals surface area (Å²) in [4.78, 5) is 29.3. The van der Waals surface area contributed by atoms with Crippen LogP contribution in [-0.4, -0.2) is 55.6 Å². The highest BCUT2D eigenvalue weighted by Gasteiger charge is 2.42. The van der Waals surface area contributed by atoms with E-state index >= 15 is 0 Å². The fraction of sp³-hybridized carbons (Fsp3) is 0.529. The summed E-state index contributed by atoms with van der Waals surface area (Å²) in [5, 5.41) is 3.99. The van der Waals surface area contributed by atoms with Gasteiger partial charge in [0.25, 0.3) is 0 Å². The first-order chi connectivity index (χ1) is 14.1. The molecule has 0 radical (unpaired) electrons. The van der Waals surface area contributed by atoms with Crippen LogP contribution in [0, 0.1) is 5.82 Å². The van der Waals surface area contributed by atoms with Gasteiger partial charge in [0.1, 0.15) is 11.9 Å². The van der Waals surface area contributed by atoms with Crippen LogP contribution >= 0.6 is 0 Å². The van der Waals surface area contributed by atoms with E-state index in [1.807, 2.05) is 0 Å². The van der Waals surface area contributed by atoms with Gasteiger partial charge in [0.05, 0.1) is 19.6 Å². The molecule has 1 fully saturated rings. The number of amides is 1. The van der Waals surface area contributed by atoms with Gasteiger partial charge in [-0.25, -0.2) is 27.6 Å². The fourth-order valence-electron chi connectivity index (χ4n) is 3.76. The van der Waals surface area contributed by atoms with Crippen LogP contribution in [0.4, 0.5) is 26.3 Å². The highest BCUT2D eigenvalue weighted by Crippen LogP contribution is 2.31. The zero-order valence-electron chi connectivity index (χ0n) is 15.2. The molecule has 2 aromatic heterocycles. The first-order valence-corrected chi connectivity index (χ1v) is 9.03. The predicted molar refractivity (Wildman–Crippen MR) is 88.5 cm³/mol. The Bertz CT molecular complexity index is 1040. The summed E-state index contributed by atoms with van der Waals surface area (Å²) in [6.45, 7) is -1.44. The van der Waals surface area contributed by atoms with E-state index in [9.17, 15) is 35.9 Å². The largest absolute Gasteiger partial charge is 0.436 e. The van der Waals surface area contributed by atoms with Crippen molar-refractivity contribution in [2.45, 2.75) is 43.9 Å². The van der Waals surface area contributed by atoms with E-state index in [1.54, 1.807) is 0 Å². The molecule has 1 unspecified atom stereocenters. The Hall–Kier alpha value is -2.86. The number of likely N-dealkylation sites (tertiary alicyclic amines) is 1. The molecule has 1 saturated heterocycles. The van der Waals surface area contributed by atoms with Crippen LogP contribution in [0.1, 0.15) is 29.5 Å². The monoisotopic (exact) mass is 435 g/mol. The zero-order valence-corrected chi connectivity index (χ0v) is 15.2. The minimum atomic E-state index is -5.00. The molecule has 0 saturated carbocycles. The van der Waals surface area contributed by atoms with Crippen LogP contribution in [0.5, 0.6) is 0 Å². The second-order valence-electron chi connectivity index (χ2n) is 7.19. The number of halogens is 6. The maximum Gasteiger partial charge on any atom is 0.436 e. The van der Waals surface area contributed by atoms with Crippen LogP contribution in [-0.2, 0) is 23.9 Å². The number of hydrogen-bond acceptors (Lipinski definition) is 4. The molecule has 3 atom stereocenters. The molecule has 4 heterocycles. The number of pyridine rings is 1. The Morgan fingerprint density at radius 3 is 2.50 bits per heavy atom. The van der Waals surface area contributed by atoms with Crippen molar-refractivity contribution in [1.29, 1.82) is 0 Å². The van der Waals surface area contributed by atoms with Gasteiger partial charge in [0.15, 0.2) is 23.9 Å². The van der Waals surface area contributed by atoms with Crippen molar-refractivity contribution in [2.24, 2.45) is 0 Å². The van der Waals surface area contributed by atoms with Crippen molar-refractivity contribution in [3.63, 3.8) is 0 Å². The topological polar surface area (TPSA) is 73.0 Å². The Morgan fingerprint density at radius 2 is 1.87 bits per heavy atom. The van der Waals surface area contributed by atoms with Gasteiger partial charge in [-0.3, -0.25) is 9.36 Å². The van der Waals surface area contributed by atoms with Crippen molar-refractivity contribution >= 4 is 5.91 Å². The van der Waals surface area contributed by atoms with Crippen molar-refractivity contribution in [3.8, 4) is 0 Å². The second kappa shape index (κ2) is 7.13. The quantitative estimate of drug-likeness (QED) is 0.688. The Kier molecular flexibility index (Phi) is 4.85. The van der Waals surface area contributed by atoms with Crippen LogP contribution in [0.15, 0.2) is 17.1 Å². The Morgan fingerprint density at radius 1 is 1.20 bits per heavy atom. The van der Waals surface area contributed by atoms with E-state index < -0.39 is 72.9 Å². The molecule has 30 heavy (non-hydrogen) atoms. The summed E-state index contributed by atoms with van der Waals surface area (Å²) in [6.07, 6.45) is -7.42. The number of nitrogens with zero attached hydrogens (tertiary/aromatic N) is 5. The molecule has 0 aromatic carbocycles. The molecule has 13 heteroatoms. The third kappa shape index (κ3) is 3.35. The number of fused-ring (bicyclic) bond motifs is 1. The zero-order chi connectivity index (χ0) is 21.8. The first kappa shape index (κ1) is 20.4. The van der Waals surface area contributed by atoms with Gasteiger partial charge in [0.2, 0.25) is 5.91 Å². The SMILES string of the molecule is O=C(C1CCc2nn(Cc3ccnc(C(F)(F)F)c3F)c(=O)n21)N1C[C@@H](F)[C@@H](F)C1. The normalized spacial score (nSPS) is 23.8. The summed E-state index contributed by atoms with van der Waals surface area (Å²) < 4.78 is 81.3. The van der Waals surface area contributed by atoms with Crippen molar-refractivity contribution in [3.05, 3.63) is 45.6 Å². The number of alkyl halides is 5. The van der Waals surface area contributed by atoms with E-state index in [-0.39, 0.29) is 18.7 Å². The van der Waals surface area contributed by atoms with Gasteiger partial charge in [-0.1, -0.05) is 0 Å². The van der Waals surface area contributed by atoms with E-state index in [0.717, 1.165) is 26.4 Å². The standard InChI is InChI=1S/C17H15F6N5O2/c18-9-6-26(7-10(9)19)15(29)11-1-2-12-25-27(16(30)28(11)12)5-8-3-4-24-14(13(8)20)17(21,22)23/h3-4,9-11H,1-2,5-7H2/t9-,10+,11?. The number of rotatable bonds is 3. The molecule has 1 amide bonds. The number of carbonyl (C=O) groups excluding carboxylic acids is 1. The Labute approximate surface area is 164 Å². The van der Waals surface area contributed by atoms with Gasteiger partial charge < -0.3 is 4.90 Å². The molecule has 4 rings (SSSR count). The summed E-state index contributed by atoms with van der Waals surface area (Å²) in [7, 11) is 0. The van der Waals surface area contributed by atoms with E-state index in [0.29, 0.717) is 0 Å². The lowest BCUT2D eigenvalue weighted by Crippen LogP contribution is -2.39. The van der Waals surface area contributed by atoms with Gasteiger partial charge >= 0.3 is 11.9 Å². The van der Waals surface area contributed by atoms with Crippen molar-refractivity contribution in [2.75, 3.05) is 13.1 Å². The first-order valence-electron chi connectivity index (χ1n) is 9.03. The maximum absolute atomic E-state index is 14.2. The third-order valence-electron chi connectivity index (χ3n) is 5.23. The van der Waals surface area contributed by atoms with Gasteiger partial charge in [-0.2, -0.15) is 18.3 Å². The molecular formula is C17H15F6N5O2. The van der Waals surface area contributed by atoms with E-state index in [1.165, 1.54) is 0 Å². The van der Waals surface area contributed by atoms with Crippen LogP contribution in [0.25, 0.3) is 0 Å². The summed E-state index contributed by atoms with van der Waals surface area (Å²) in [6, 6.07) is -0.0244. The summed E-state index contributed by atoms with van der Waals surface area (Å²) in [5.74, 6) is -2.05. The molecule has 2 aromatic rings. The molecule has 7 nitrogen and oxygen atoms in total. The van der Waals surface area contributed by atoms with Crippen molar-refractivity contribution in [1.82, 2.24) is 24.2 Å². The minimum Gasteiger partial charge on any atom is -0.335 e. The average Bonchev–Trinajstić information content (AvgIpc) is 3.32. The highest BCUT2D eigenvalue weighted by molar-refractivity contribution is 5.81. The maximum atomic E-state index is 14.2. The van der Waals surface area contributed by atoms with Gasteiger partial charge in [-0.05, 0) is 12.5 Å². The molecule has 0 aliphatic carbocycles. The molecule has 2 aliphatic rings. The number of aryl methyl sites for hydroxylation is 1. The van der Waals surface area contributed by atoms with Crippen LogP contribution in [0.3, 0.4) is 0 Å². The summed E-state index contributed by atoms with van der Waals surface area (Å²) in [5.41, 5.74) is -2.97. The average molecular weight is 435 g/mol. The van der Waals surface area contributed by atoms with Crippen LogP contribution < -0.4 is 5.69 Å². The highest BCUT2D eigenvalue weighted by atomic mass is 19.4. The van der Waals surface area contributed by atoms with E-state index in [2.05, 4.69) is 10.1 Å². The Balaban J connectivity index is 1.61. The van der Waals surface area contributed by atoms with Crippen molar-refractivity contribution < 1.29 is 31.1 Å². The molecular weight excluding hydrogens is 420 g/mol. The number of carbonyl (C=O) groups is 1.